The second kappa shape index (κ2) is 4.37. The third kappa shape index (κ3) is 2.31. The van der Waals surface area contributed by atoms with Crippen molar-refractivity contribution in [3.63, 3.8) is 0 Å². The molecule has 1 aromatic rings. The molecule has 1 unspecified atom stereocenters. The molecular weight excluding hydrogens is 224 g/mol. The molecular formula is C9H9ClO5. The molecule has 0 spiro atoms. The van der Waals surface area contributed by atoms with Crippen molar-refractivity contribution in [3.05, 3.63) is 22.7 Å². The molecule has 15 heavy (non-hydrogen) atoms. The van der Waals surface area contributed by atoms with Crippen molar-refractivity contribution >= 4 is 17.6 Å². The lowest BCUT2D eigenvalue weighted by molar-refractivity contribution is -0.147. The Labute approximate surface area is 90.5 Å². The number of phenols is 1. The Balaban J connectivity index is 3.28. The van der Waals surface area contributed by atoms with Gasteiger partial charge in [-0.25, -0.2) is 4.79 Å². The van der Waals surface area contributed by atoms with Gasteiger partial charge in [0.05, 0.1) is 7.11 Å². The molecule has 0 aliphatic rings. The SMILES string of the molecule is COc1cc(Cl)cc(C(O)C(=O)O)c1O. The molecule has 0 heterocycles. The lowest BCUT2D eigenvalue weighted by Crippen LogP contribution is -2.10. The molecule has 1 aromatic carbocycles. The molecule has 0 fully saturated rings. The van der Waals surface area contributed by atoms with Crippen molar-refractivity contribution in [2.75, 3.05) is 7.11 Å². The van der Waals surface area contributed by atoms with Crippen LogP contribution in [0.1, 0.15) is 11.7 Å². The molecule has 0 amide bonds. The molecule has 5 nitrogen and oxygen atoms in total. The van der Waals surface area contributed by atoms with Crippen LogP contribution in [0.4, 0.5) is 0 Å². The first-order chi connectivity index (χ1) is 6.97. The number of aliphatic carboxylic acids is 1. The fourth-order valence-electron chi connectivity index (χ4n) is 1.09. The van der Waals surface area contributed by atoms with Gasteiger partial charge in [0.1, 0.15) is 0 Å². The number of benzene rings is 1. The van der Waals surface area contributed by atoms with Crippen LogP contribution in [0.5, 0.6) is 11.5 Å². The number of carbonyl (C=O) groups is 1. The Kier molecular flexibility index (Phi) is 3.39. The molecule has 6 heteroatoms. The molecule has 1 rings (SSSR count). The fourth-order valence-corrected chi connectivity index (χ4v) is 1.31. The van der Waals surface area contributed by atoms with Crippen LogP contribution >= 0.6 is 11.6 Å². The second-order valence-electron chi connectivity index (χ2n) is 2.79. The van der Waals surface area contributed by atoms with Gasteiger partial charge in [-0.1, -0.05) is 11.6 Å². The van der Waals surface area contributed by atoms with E-state index < -0.39 is 17.8 Å². The minimum absolute atomic E-state index is 0.0119. The molecule has 0 aliphatic heterocycles. The zero-order valence-electron chi connectivity index (χ0n) is 7.77. The van der Waals surface area contributed by atoms with E-state index in [2.05, 4.69) is 0 Å². The summed E-state index contributed by atoms with van der Waals surface area (Å²) in [5, 5.41) is 27.5. The highest BCUT2D eigenvalue weighted by atomic mass is 35.5. The summed E-state index contributed by atoms with van der Waals surface area (Å²) >= 11 is 5.65. The monoisotopic (exact) mass is 232 g/mol. The second-order valence-corrected chi connectivity index (χ2v) is 3.22. The lowest BCUT2D eigenvalue weighted by Gasteiger charge is -2.11. The van der Waals surface area contributed by atoms with Crippen LogP contribution in [0.3, 0.4) is 0 Å². The summed E-state index contributed by atoms with van der Waals surface area (Å²) < 4.78 is 4.76. The van der Waals surface area contributed by atoms with Crippen LogP contribution in [-0.4, -0.2) is 28.4 Å². The van der Waals surface area contributed by atoms with E-state index in [0.29, 0.717) is 0 Å². The van der Waals surface area contributed by atoms with Gasteiger partial charge in [0.2, 0.25) is 0 Å². The number of methoxy groups -OCH3 is 1. The van der Waals surface area contributed by atoms with E-state index in [9.17, 15) is 15.0 Å². The molecule has 0 saturated heterocycles. The van der Waals surface area contributed by atoms with Crippen LogP contribution in [0.25, 0.3) is 0 Å². The topological polar surface area (TPSA) is 87.0 Å². The van der Waals surface area contributed by atoms with Gasteiger partial charge in [-0.3, -0.25) is 0 Å². The summed E-state index contributed by atoms with van der Waals surface area (Å²) in [6.45, 7) is 0. The van der Waals surface area contributed by atoms with Gasteiger partial charge in [-0.2, -0.15) is 0 Å². The quantitative estimate of drug-likeness (QED) is 0.728. The summed E-state index contributed by atoms with van der Waals surface area (Å²) in [6, 6.07) is 2.48. The van der Waals surface area contributed by atoms with Crippen molar-refractivity contribution in [2.24, 2.45) is 0 Å². The van der Waals surface area contributed by atoms with Crippen LogP contribution < -0.4 is 4.74 Å². The van der Waals surface area contributed by atoms with E-state index in [1.807, 2.05) is 0 Å². The largest absolute Gasteiger partial charge is 0.504 e. The predicted molar refractivity (Wildman–Crippen MR) is 52.3 cm³/mol. The Morgan fingerprint density at radius 3 is 2.60 bits per heavy atom. The Morgan fingerprint density at radius 2 is 2.13 bits per heavy atom. The summed E-state index contributed by atoms with van der Waals surface area (Å²) in [4.78, 5) is 10.5. The first-order valence-corrected chi connectivity index (χ1v) is 4.32. The van der Waals surface area contributed by atoms with E-state index in [-0.39, 0.29) is 16.3 Å². The Hall–Kier alpha value is -1.46. The van der Waals surface area contributed by atoms with E-state index in [0.717, 1.165) is 6.07 Å². The van der Waals surface area contributed by atoms with Gasteiger partial charge in [-0.05, 0) is 6.07 Å². The van der Waals surface area contributed by atoms with Crippen LogP contribution in [0.15, 0.2) is 12.1 Å². The van der Waals surface area contributed by atoms with Gasteiger partial charge in [-0.15, -0.1) is 0 Å². The molecule has 0 bridgehead atoms. The zero-order valence-corrected chi connectivity index (χ0v) is 8.52. The smallest absolute Gasteiger partial charge is 0.337 e. The van der Waals surface area contributed by atoms with E-state index in [1.165, 1.54) is 13.2 Å². The van der Waals surface area contributed by atoms with E-state index >= 15 is 0 Å². The van der Waals surface area contributed by atoms with Gasteiger partial charge >= 0.3 is 5.97 Å². The molecule has 82 valence electrons. The van der Waals surface area contributed by atoms with Gasteiger partial charge in [0.15, 0.2) is 17.6 Å². The van der Waals surface area contributed by atoms with Crippen molar-refractivity contribution in [2.45, 2.75) is 6.10 Å². The molecule has 0 radical (unpaired) electrons. The van der Waals surface area contributed by atoms with Gasteiger partial charge in [0.25, 0.3) is 0 Å². The normalized spacial score (nSPS) is 12.2. The van der Waals surface area contributed by atoms with E-state index in [1.54, 1.807) is 0 Å². The number of ether oxygens (including phenoxy) is 1. The maximum atomic E-state index is 10.5. The van der Waals surface area contributed by atoms with Crippen molar-refractivity contribution < 1.29 is 24.9 Å². The summed E-state index contributed by atoms with van der Waals surface area (Å²) in [5.74, 6) is -1.90. The molecule has 0 aliphatic carbocycles. The average molecular weight is 233 g/mol. The highest BCUT2D eigenvalue weighted by Gasteiger charge is 2.22. The number of hydrogen-bond donors (Lipinski definition) is 3. The lowest BCUT2D eigenvalue weighted by atomic mass is 10.1. The maximum Gasteiger partial charge on any atom is 0.337 e. The van der Waals surface area contributed by atoms with Gasteiger partial charge < -0.3 is 20.1 Å². The number of aliphatic hydroxyl groups is 1. The first-order valence-electron chi connectivity index (χ1n) is 3.94. The Bertz CT molecular complexity index is 390. The van der Waals surface area contributed by atoms with Gasteiger partial charge in [0, 0.05) is 16.7 Å². The number of aliphatic hydroxyl groups excluding tert-OH is 1. The van der Waals surface area contributed by atoms with Crippen molar-refractivity contribution in [1.82, 2.24) is 0 Å². The number of halogens is 1. The number of carboxylic acids is 1. The zero-order chi connectivity index (χ0) is 11.6. The third-order valence-electron chi connectivity index (χ3n) is 1.82. The molecule has 3 N–H and O–H groups in total. The number of phenolic OH excluding ortho intramolecular Hbond substituents is 1. The third-order valence-corrected chi connectivity index (χ3v) is 2.04. The minimum Gasteiger partial charge on any atom is -0.504 e. The predicted octanol–water partition coefficient (Wildman–Crippen LogP) is 1.17. The molecule has 0 saturated carbocycles. The number of rotatable bonds is 3. The maximum absolute atomic E-state index is 10.5. The summed E-state index contributed by atoms with van der Waals surface area (Å²) in [7, 11) is 1.29. The van der Waals surface area contributed by atoms with Crippen molar-refractivity contribution in [1.29, 1.82) is 0 Å². The molecule has 0 aromatic heterocycles. The van der Waals surface area contributed by atoms with Crippen molar-refractivity contribution in [3.8, 4) is 11.5 Å². The van der Waals surface area contributed by atoms with E-state index in [4.69, 9.17) is 21.4 Å². The highest BCUT2D eigenvalue weighted by molar-refractivity contribution is 6.30. The highest BCUT2D eigenvalue weighted by Crippen LogP contribution is 2.36. The summed E-state index contributed by atoms with van der Waals surface area (Å²) in [6.07, 6.45) is -1.84. The fraction of sp³-hybridized carbons (Fsp3) is 0.222. The standard InChI is InChI=1S/C9H9ClO5/c1-15-6-3-4(10)2-5(7(6)11)8(12)9(13)14/h2-3,8,11-12H,1H3,(H,13,14). The number of carboxylic acid groups (broad SMARTS) is 1. The number of hydrogen-bond acceptors (Lipinski definition) is 4. The van der Waals surface area contributed by atoms with Crippen LogP contribution in [-0.2, 0) is 4.79 Å². The van der Waals surface area contributed by atoms with Crippen LogP contribution in [0, 0.1) is 0 Å². The minimum atomic E-state index is -1.84. The first kappa shape index (κ1) is 11.6. The van der Waals surface area contributed by atoms with Crippen LogP contribution in [0.2, 0.25) is 5.02 Å². The Morgan fingerprint density at radius 1 is 1.53 bits per heavy atom. The number of aromatic hydroxyl groups is 1. The average Bonchev–Trinajstić information content (AvgIpc) is 2.19. The summed E-state index contributed by atoms with van der Waals surface area (Å²) in [5.41, 5.74) is -0.202. The molecule has 1 atom stereocenters.